The zero-order valence-corrected chi connectivity index (χ0v) is 9.77. The van der Waals surface area contributed by atoms with Crippen molar-refractivity contribution in [3.05, 3.63) is 29.8 Å². The van der Waals surface area contributed by atoms with E-state index in [4.69, 9.17) is 5.26 Å². The molecule has 1 aromatic rings. The number of thioether (sulfide) groups is 1. The molecule has 0 N–H and O–H groups in total. The van der Waals surface area contributed by atoms with Crippen LogP contribution in [0.1, 0.15) is 19.4 Å². The minimum Gasteiger partial charge on any atom is -0.244 e. The Balaban J connectivity index is 2.72. The van der Waals surface area contributed by atoms with Gasteiger partial charge in [0.2, 0.25) is 0 Å². The van der Waals surface area contributed by atoms with E-state index in [2.05, 4.69) is 6.07 Å². The van der Waals surface area contributed by atoms with E-state index < -0.39 is 5.67 Å². The second kappa shape index (κ2) is 5.18. The fraction of sp³-hybridized carbons (Fsp3) is 0.417. The van der Waals surface area contributed by atoms with Crippen molar-refractivity contribution < 1.29 is 4.39 Å². The van der Waals surface area contributed by atoms with Crippen LogP contribution in [0.5, 0.6) is 0 Å². The smallest absolute Gasteiger partial charge is 0.114 e. The number of alkyl halides is 1. The highest BCUT2D eigenvalue weighted by Crippen LogP contribution is 2.27. The number of nitriles is 1. The van der Waals surface area contributed by atoms with Gasteiger partial charge >= 0.3 is 0 Å². The van der Waals surface area contributed by atoms with E-state index in [1.165, 1.54) is 11.8 Å². The zero-order chi connectivity index (χ0) is 11.3. The lowest BCUT2D eigenvalue weighted by Crippen LogP contribution is -2.15. The van der Waals surface area contributed by atoms with Crippen LogP contribution in [0.25, 0.3) is 0 Å². The van der Waals surface area contributed by atoms with E-state index in [-0.39, 0.29) is 0 Å². The molecule has 0 aliphatic heterocycles. The number of hydrogen-bond donors (Lipinski definition) is 0. The number of rotatable bonds is 4. The van der Waals surface area contributed by atoms with E-state index in [9.17, 15) is 4.39 Å². The maximum Gasteiger partial charge on any atom is 0.114 e. The maximum absolute atomic E-state index is 13.3. The molecule has 3 heteroatoms. The predicted molar refractivity (Wildman–Crippen MR) is 61.7 cm³/mol. The Morgan fingerprint density at radius 1 is 1.40 bits per heavy atom. The van der Waals surface area contributed by atoms with E-state index in [1.807, 2.05) is 24.3 Å². The van der Waals surface area contributed by atoms with E-state index in [1.54, 1.807) is 13.8 Å². The first-order valence-corrected chi connectivity index (χ1v) is 5.78. The SMILES string of the molecule is CC(C)(F)CSc1ccccc1CC#N. The van der Waals surface area contributed by atoms with Gasteiger partial charge in [-0.1, -0.05) is 18.2 Å². The fourth-order valence-electron chi connectivity index (χ4n) is 1.13. The topological polar surface area (TPSA) is 23.8 Å². The third-order valence-corrected chi connectivity index (χ3v) is 3.35. The van der Waals surface area contributed by atoms with Crippen LogP contribution in [0.15, 0.2) is 29.2 Å². The first-order chi connectivity index (χ1) is 7.03. The Labute approximate surface area is 94.3 Å². The summed E-state index contributed by atoms with van der Waals surface area (Å²) in [6, 6.07) is 9.77. The van der Waals surface area contributed by atoms with Crippen LogP contribution < -0.4 is 0 Å². The number of hydrogen-bond acceptors (Lipinski definition) is 2. The molecule has 0 atom stereocenters. The van der Waals surface area contributed by atoms with Crippen molar-refractivity contribution in [1.29, 1.82) is 5.26 Å². The molecule has 0 aliphatic carbocycles. The second-order valence-electron chi connectivity index (χ2n) is 3.95. The summed E-state index contributed by atoms with van der Waals surface area (Å²) >= 11 is 1.47. The third kappa shape index (κ3) is 4.35. The fourth-order valence-corrected chi connectivity index (χ4v) is 2.12. The summed E-state index contributed by atoms with van der Waals surface area (Å²) < 4.78 is 13.3. The standard InChI is InChI=1S/C12H14FNS/c1-12(2,13)9-15-11-6-4-3-5-10(11)7-8-14/h3-6H,7,9H2,1-2H3. The van der Waals surface area contributed by atoms with Gasteiger partial charge in [-0.05, 0) is 25.5 Å². The van der Waals surface area contributed by atoms with Gasteiger partial charge in [0.05, 0.1) is 12.5 Å². The number of benzene rings is 1. The molecule has 0 fully saturated rings. The lowest BCUT2D eigenvalue weighted by molar-refractivity contribution is 0.253. The van der Waals surface area contributed by atoms with Gasteiger partial charge in [-0.3, -0.25) is 0 Å². The van der Waals surface area contributed by atoms with Crippen LogP contribution >= 0.6 is 11.8 Å². The highest BCUT2D eigenvalue weighted by atomic mass is 32.2. The molecule has 0 aromatic heterocycles. The Morgan fingerprint density at radius 3 is 2.67 bits per heavy atom. The minimum atomic E-state index is -1.18. The van der Waals surface area contributed by atoms with Gasteiger partial charge in [0.15, 0.2) is 0 Å². The minimum absolute atomic E-state index is 0.385. The molecule has 0 saturated carbocycles. The van der Waals surface area contributed by atoms with Crippen LogP contribution in [0.4, 0.5) is 4.39 Å². The van der Waals surface area contributed by atoms with Crippen LogP contribution in [-0.2, 0) is 6.42 Å². The molecule has 0 radical (unpaired) electrons. The molecule has 0 aliphatic rings. The molecule has 0 heterocycles. The Hall–Kier alpha value is -1.01. The Bertz CT molecular complexity index is 363. The molecule has 0 spiro atoms. The van der Waals surface area contributed by atoms with E-state index >= 15 is 0 Å². The van der Waals surface area contributed by atoms with Crippen LogP contribution in [-0.4, -0.2) is 11.4 Å². The lowest BCUT2D eigenvalue weighted by Gasteiger charge is -2.14. The maximum atomic E-state index is 13.3. The summed E-state index contributed by atoms with van der Waals surface area (Å²) in [6.45, 7) is 3.12. The van der Waals surface area contributed by atoms with Crippen LogP contribution in [0, 0.1) is 11.3 Å². The van der Waals surface area contributed by atoms with Crippen LogP contribution in [0.3, 0.4) is 0 Å². The molecule has 80 valence electrons. The molecule has 0 saturated heterocycles. The summed E-state index contributed by atoms with van der Waals surface area (Å²) in [5.41, 5.74) is -0.195. The molecule has 0 amide bonds. The van der Waals surface area contributed by atoms with Crippen molar-refractivity contribution in [2.24, 2.45) is 0 Å². The molecule has 0 bridgehead atoms. The van der Waals surface area contributed by atoms with E-state index in [0.29, 0.717) is 12.2 Å². The molecule has 1 rings (SSSR count). The zero-order valence-electron chi connectivity index (χ0n) is 8.96. The molecular weight excluding hydrogens is 209 g/mol. The van der Waals surface area contributed by atoms with Gasteiger partial charge in [-0.25, -0.2) is 4.39 Å². The molecule has 15 heavy (non-hydrogen) atoms. The quantitative estimate of drug-likeness (QED) is 0.728. The largest absolute Gasteiger partial charge is 0.244 e. The molecular formula is C12H14FNS. The monoisotopic (exact) mass is 223 g/mol. The second-order valence-corrected chi connectivity index (χ2v) is 4.97. The van der Waals surface area contributed by atoms with Crippen molar-refractivity contribution in [2.75, 3.05) is 5.75 Å². The van der Waals surface area contributed by atoms with Crippen molar-refractivity contribution in [2.45, 2.75) is 30.8 Å². The molecule has 1 nitrogen and oxygen atoms in total. The van der Waals surface area contributed by atoms with E-state index in [0.717, 1.165) is 10.5 Å². The van der Waals surface area contributed by atoms with Gasteiger partial charge in [-0.2, -0.15) is 5.26 Å². The van der Waals surface area contributed by atoms with Crippen LogP contribution in [0.2, 0.25) is 0 Å². The Morgan fingerprint density at radius 2 is 2.07 bits per heavy atom. The average molecular weight is 223 g/mol. The Kier molecular flexibility index (Phi) is 4.16. The summed E-state index contributed by atoms with van der Waals surface area (Å²) in [5, 5.41) is 8.64. The summed E-state index contributed by atoms with van der Waals surface area (Å²) in [7, 11) is 0. The summed E-state index contributed by atoms with van der Waals surface area (Å²) in [4.78, 5) is 1.00. The first kappa shape index (κ1) is 12.1. The molecule has 0 unspecified atom stereocenters. The average Bonchev–Trinajstić information content (AvgIpc) is 2.16. The molecule has 1 aromatic carbocycles. The van der Waals surface area contributed by atoms with Gasteiger partial charge in [0, 0.05) is 10.6 Å². The predicted octanol–water partition coefficient (Wildman–Crippen LogP) is 3.59. The third-order valence-electron chi connectivity index (χ3n) is 1.81. The first-order valence-electron chi connectivity index (χ1n) is 4.79. The normalized spacial score (nSPS) is 11.1. The number of halogens is 1. The van der Waals surface area contributed by atoms with Crippen molar-refractivity contribution in [3.8, 4) is 6.07 Å². The summed E-state index contributed by atoms with van der Waals surface area (Å²) in [5.74, 6) is 0.412. The number of nitrogens with zero attached hydrogens (tertiary/aromatic N) is 1. The highest BCUT2D eigenvalue weighted by Gasteiger charge is 2.16. The van der Waals surface area contributed by atoms with Crippen molar-refractivity contribution >= 4 is 11.8 Å². The highest BCUT2D eigenvalue weighted by molar-refractivity contribution is 7.99. The van der Waals surface area contributed by atoms with Gasteiger partial charge in [0.1, 0.15) is 5.67 Å². The van der Waals surface area contributed by atoms with Gasteiger partial charge < -0.3 is 0 Å². The van der Waals surface area contributed by atoms with Gasteiger partial charge in [-0.15, -0.1) is 11.8 Å². The lowest BCUT2D eigenvalue weighted by atomic mass is 10.2. The summed E-state index contributed by atoms with van der Waals surface area (Å²) in [6.07, 6.45) is 0.385. The van der Waals surface area contributed by atoms with Crippen molar-refractivity contribution in [1.82, 2.24) is 0 Å². The van der Waals surface area contributed by atoms with Crippen molar-refractivity contribution in [3.63, 3.8) is 0 Å². The van der Waals surface area contributed by atoms with Gasteiger partial charge in [0.25, 0.3) is 0 Å².